The zero-order valence-electron chi connectivity index (χ0n) is 7.30. The molecular formula is C8H7NO4S. The van der Waals surface area contributed by atoms with Crippen molar-refractivity contribution in [1.29, 1.82) is 0 Å². The summed E-state index contributed by atoms with van der Waals surface area (Å²) in [6.45, 7) is 0. The Morgan fingerprint density at radius 3 is 2.71 bits per heavy atom. The predicted molar refractivity (Wildman–Crippen MR) is 47.3 cm³/mol. The summed E-state index contributed by atoms with van der Waals surface area (Å²) in [4.78, 5) is 0.135. The highest BCUT2D eigenvalue weighted by atomic mass is 32.2. The third-order valence-electron chi connectivity index (χ3n) is 1.69. The van der Waals surface area contributed by atoms with Crippen LogP contribution in [0.5, 0.6) is 0 Å². The number of hydrogen-bond donors (Lipinski definition) is 0. The van der Waals surface area contributed by atoms with Gasteiger partial charge in [-0.05, 0) is 0 Å². The summed E-state index contributed by atoms with van der Waals surface area (Å²) in [5.74, 6) is 0.374. The van der Waals surface area contributed by atoms with Crippen molar-refractivity contribution < 1.29 is 17.4 Å². The highest BCUT2D eigenvalue weighted by Crippen LogP contribution is 2.22. The molecule has 2 heterocycles. The molecule has 0 saturated heterocycles. The van der Waals surface area contributed by atoms with Crippen molar-refractivity contribution in [3.8, 4) is 11.5 Å². The van der Waals surface area contributed by atoms with Crippen molar-refractivity contribution in [2.45, 2.75) is 4.90 Å². The molecule has 2 aromatic heterocycles. The highest BCUT2D eigenvalue weighted by molar-refractivity contribution is 7.90. The van der Waals surface area contributed by atoms with Gasteiger partial charge in [0.25, 0.3) is 0 Å². The smallest absolute Gasteiger partial charge is 0.178 e. The Kier molecular flexibility index (Phi) is 1.92. The number of hydrogen-bond acceptors (Lipinski definition) is 5. The minimum absolute atomic E-state index is 0.135. The molecular weight excluding hydrogens is 206 g/mol. The molecule has 0 radical (unpaired) electrons. The van der Waals surface area contributed by atoms with Crippen LogP contribution in [0, 0.1) is 0 Å². The molecule has 0 aliphatic carbocycles. The van der Waals surface area contributed by atoms with Gasteiger partial charge in [-0.2, -0.15) is 0 Å². The van der Waals surface area contributed by atoms with Crippen molar-refractivity contribution in [2.24, 2.45) is 0 Å². The van der Waals surface area contributed by atoms with Crippen molar-refractivity contribution in [1.82, 2.24) is 5.16 Å². The predicted octanol–water partition coefficient (Wildman–Crippen LogP) is 1.34. The summed E-state index contributed by atoms with van der Waals surface area (Å²) < 4.78 is 31.9. The molecule has 6 heteroatoms. The van der Waals surface area contributed by atoms with Gasteiger partial charge in [0.05, 0.1) is 0 Å². The maximum atomic E-state index is 11.1. The molecule has 0 unspecified atom stereocenters. The minimum atomic E-state index is -3.23. The molecule has 0 N–H and O–H groups in total. The largest absolute Gasteiger partial charge is 0.461 e. The van der Waals surface area contributed by atoms with E-state index in [0.29, 0.717) is 11.5 Å². The van der Waals surface area contributed by atoms with Crippen LogP contribution in [-0.2, 0) is 9.84 Å². The first kappa shape index (κ1) is 9.01. The van der Waals surface area contributed by atoms with Crippen LogP contribution in [0.4, 0.5) is 0 Å². The zero-order chi connectivity index (χ0) is 10.2. The quantitative estimate of drug-likeness (QED) is 0.752. The molecule has 0 aromatic carbocycles. The zero-order valence-corrected chi connectivity index (χ0v) is 8.11. The van der Waals surface area contributed by atoms with E-state index in [1.807, 2.05) is 0 Å². The monoisotopic (exact) mass is 213 g/mol. The van der Waals surface area contributed by atoms with Crippen LogP contribution in [-0.4, -0.2) is 19.8 Å². The van der Waals surface area contributed by atoms with Gasteiger partial charge in [-0.1, -0.05) is 5.16 Å². The molecule has 0 fully saturated rings. The lowest BCUT2D eigenvalue weighted by molar-refractivity contribution is 0.419. The van der Waals surface area contributed by atoms with Gasteiger partial charge in [-0.25, -0.2) is 8.42 Å². The van der Waals surface area contributed by atoms with Crippen LogP contribution in [0.1, 0.15) is 0 Å². The number of furan rings is 1. The van der Waals surface area contributed by atoms with E-state index >= 15 is 0 Å². The number of rotatable bonds is 2. The summed E-state index contributed by atoms with van der Waals surface area (Å²) >= 11 is 0. The van der Waals surface area contributed by atoms with E-state index in [0.717, 1.165) is 6.26 Å². The molecule has 0 aliphatic rings. The molecule has 0 bridgehead atoms. The second-order valence-electron chi connectivity index (χ2n) is 2.80. The van der Waals surface area contributed by atoms with Gasteiger partial charge in [0.15, 0.2) is 15.6 Å². The minimum Gasteiger partial charge on any atom is -0.461 e. The van der Waals surface area contributed by atoms with Crippen LogP contribution in [0.15, 0.2) is 38.5 Å². The van der Waals surface area contributed by atoms with Crippen LogP contribution >= 0.6 is 0 Å². The Bertz CT molecular complexity index is 523. The Balaban J connectivity index is 2.46. The fourth-order valence-corrected chi connectivity index (χ4v) is 1.53. The first-order valence-corrected chi connectivity index (χ1v) is 5.66. The van der Waals surface area contributed by atoms with Crippen molar-refractivity contribution >= 4 is 9.84 Å². The third-order valence-corrected chi connectivity index (χ3v) is 2.76. The molecule has 14 heavy (non-hydrogen) atoms. The fourth-order valence-electron chi connectivity index (χ4n) is 0.987. The SMILES string of the molecule is CS(=O)(=O)c1coc(-c2ccon2)c1. The van der Waals surface area contributed by atoms with E-state index in [4.69, 9.17) is 4.42 Å². The van der Waals surface area contributed by atoms with Crippen LogP contribution < -0.4 is 0 Å². The summed E-state index contributed by atoms with van der Waals surface area (Å²) in [6.07, 6.45) is 3.68. The maximum absolute atomic E-state index is 11.1. The van der Waals surface area contributed by atoms with Gasteiger partial charge in [-0.3, -0.25) is 0 Å². The van der Waals surface area contributed by atoms with Crippen LogP contribution in [0.25, 0.3) is 11.5 Å². The Labute approximate surface area is 80.2 Å². The topological polar surface area (TPSA) is 73.3 Å². The standard InChI is InChI=1S/C8H7NO4S/c1-14(10,11)6-4-8(12-5-6)7-2-3-13-9-7/h2-5H,1H3. The van der Waals surface area contributed by atoms with Gasteiger partial charge in [0.2, 0.25) is 0 Å². The second-order valence-corrected chi connectivity index (χ2v) is 4.82. The lowest BCUT2D eigenvalue weighted by Gasteiger charge is -1.86. The Hall–Kier alpha value is -1.56. The lowest BCUT2D eigenvalue weighted by atomic mass is 10.3. The van der Waals surface area contributed by atoms with E-state index in [-0.39, 0.29) is 4.90 Å². The van der Waals surface area contributed by atoms with E-state index in [9.17, 15) is 8.42 Å². The Morgan fingerprint density at radius 1 is 1.43 bits per heavy atom. The third kappa shape index (κ3) is 1.56. The average Bonchev–Trinajstić information content (AvgIpc) is 2.73. The van der Waals surface area contributed by atoms with E-state index in [1.165, 1.54) is 18.6 Å². The van der Waals surface area contributed by atoms with E-state index < -0.39 is 9.84 Å². The van der Waals surface area contributed by atoms with Gasteiger partial charge in [0, 0.05) is 18.4 Å². The maximum Gasteiger partial charge on any atom is 0.178 e. The Morgan fingerprint density at radius 2 is 2.21 bits per heavy atom. The molecule has 2 rings (SSSR count). The molecule has 2 aromatic rings. The first-order chi connectivity index (χ1) is 6.57. The van der Waals surface area contributed by atoms with Crippen LogP contribution in [0.3, 0.4) is 0 Å². The fraction of sp³-hybridized carbons (Fsp3) is 0.125. The summed E-state index contributed by atoms with van der Waals surface area (Å²) in [5.41, 5.74) is 0.472. The van der Waals surface area contributed by atoms with Crippen molar-refractivity contribution in [3.05, 3.63) is 24.7 Å². The van der Waals surface area contributed by atoms with Gasteiger partial charge < -0.3 is 8.94 Å². The highest BCUT2D eigenvalue weighted by Gasteiger charge is 2.13. The molecule has 5 nitrogen and oxygen atoms in total. The molecule has 0 atom stereocenters. The van der Waals surface area contributed by atoms with E-state index in [1.54, 1.807) is 6.07 Å². The summed E-state index contributed by atoms with van der Waals surface area (Å²) in [5, 5.41) is 3.62. The van der Waals surface area contributed by atoms with Crippen molar-refractivity contribution in [3.63, 3.8) is 0 Å². The average molecular weight is 213 g/mol. The molecule has 74 valence electrons. The van der Waals surface area contributed by atoms with Crippen molar-refractivity contribution in [2.75, 3.05) is 6.26 Å². The number of sulfone groups is 1. The molecule has 0 saturated carbocycles. The number of aromatic nitrogens is 1. The van der Waals surface area contributed by atoms with Gasteiger partial charge >= 0.3 is 0 Å². The lowest BCUT2D eigenvalue weighted by Crippen LogP contribution is -1.93. The molecule has 0 amide bonds. The molecule has 0 aliphatic heterocycles. The van der Waals surface area contributed by atoms with Gasteiger partial charge in [-0.15, -0.1) is 0 Å². The summed E-state index contributed by atoms with van der Waals surface area (Å²) in [6, 6.07) is 3.00. The normalized spacial score (nSPS) is 11.8. The second kappa shape index (κ2) is 2.98. The van der Waals surface area contributed by atoms with Crippen LogP contribution in [0.2, 0.25) is 0 Å². The summed E-state index contributed by atoms with van der Waals surface area (Å²) in [7, 11) is -3.23. The molecule has 0 spiro atoms. The first-order valence-electron chi connectivity index (χ1n) is 3.77. The number of nitrogens with zero attached hydrogens (tertiary/aromatic N) is 1. The van der Waals surface area contributed by atoms with E-state index in [2.05, 4.69) is 9.68 Å². The van der Waals surface area contributed by atoms with Gasteiger partial charge in [0.1, 0.15) is 23.1 Å².